The molecule has 7 heteroatoms. The lowest BCUT2D eigenvalue weighted by Gasteiger charge is -2.39. The lowest BCUT2D eigenvalue weighted by Crippen LogP contribution is -2.51. The third kappa shape index (κ3) is 3.50. The van der Waals surface area contributed by atoms with E-state index in [4.69, 9.17) is 5.73 Å². The first-order valence-electron chi connectivity index (χ1n) is 7.09. The van der Waals surface area contributed by atoms with Gasteiger partial charge >= 0.3 is 0 Å². The number of hydrogen-bond donors (Lipinski definition) is 2. The first kappa shape index (κ1) is 15.7. The fourth-order valence-electron chi connectivity index (χ4n) is 2.73. The molecule has 1 aromatic rings. The molecule has 0 spiro atoms. The Labute approximate surface area is 132 Å². The first-order chi connectivity index (χ1) is 9.67. The topological polar surface area (TPSA) is 78.2 Å². The number of nitrogens with zero attached hydrogens (tertiary/aromatic N) is 3. The second-order valence-electron chi connectivity index (χ2n) is 5.03. The van der Waals surface area contributed by atoms with Crippen LogP contribution in [0.2, 0.25) is 0 Å². The van der Waals surface area contributed by atoms with Crippen molar-refractivity contribution in [3.05, 3.63) is 20.3 Å². The summed E-state index contributed by atoms with van der Waals surface area (Å²) >= 11 is 2.07. The van der Waals surface area contributed by atoms with E-state index in [1.807, 2.05) is 0 Å². The molecular formula is C13H22IN5O. The van der Waals surface area contributed by atoms with Crippen LogP contribution in [0.5, 0.6) is 0 Å². The SMILES string of the molecule is CCC(CCN)N1CCN(c2nc[nH]c(=O)c2I)CC1. The molecule has 1 aromatic heterocycles. The highest BCUT2D eigenvalue weighted by Crippen LogP contribution is 2.19. The maximum atomic E-state index is 11.6. The van der Waals surface area contributed by atoms with Gasteiger partial charge in [0.15, 0.2) is 0 Å². The van der Waals surface area contributed by atoms with Gasteiger partial charge in [-0.25, -0.2) is 4.98 Å². The van der Waals surface area contributed by atoms with E-state index in [0.717, 1.165) is 51.4 Å². The number of nitrogens with two attached hydrogens (primary N) is 1. The van der Waals surface area contributed by atoms with Gasteiger partial charge in [-0.1, -0.05) is 6.92 Å². The van der Waals surface area contributed by atoms with Crippen molar-refractivity contribution in [3.63, 3.8) is 0 Å². The van der Waals surface area contributed by atoms with Crippen molar-refractivity contribution in [1.82, 2.24) is 14.9 Å². The summed E-state index contributed by atoms with van der Waals surface area (Å²) in [4.78, 5) is 23.3. The van der Waals surface area contributed by atoms with Crippen LogP contribution in [0.15, 0.2) is 11.1 Å². The molecule has 1 aliphatic heterocycles. The number of hydrogen-bond acceptors (Lipinski definition) is 5. The monoisotopic (exact) mass is 391 g/mol. The van der Waals surface area contributed by atoms with E-state index in [-0.39, 0.29) is 5.56 Å². The third-order valence-electron chi connectivity index (χ3n) is 3.88. The lowest BCUT2D eigenvalue weighted by molar-refractivity contribution is 0.173. The molecule has 1 fully saturated rings. The highest BCUT2D eigenvalue weighted by molar-refractivity contribution is 14.1. The van der Waals surface area contributed by atoms with Gasteiger partial charge in [0, 0.05) is 32.2 Å². The van der Waals surface area contributed by atoms with Crippen LogP contribution in [0, 0.1) is 3.57 Å². The van der Waals surface area contributed by atoms with E-state index in [2.05, 4.69) is 49.3 Å². The normalized spacial score (nSPS) is 18.2. The van der Waals surface area contributed by atoms with E-state index < -0.39 is 0 Å². The van der Waals surface area contributed by atoms with Crippen LogP contribution in [0.1, 0.15) is 19.8 Å². The maximum absolute atomic E-state index is 11.6. The molecule has 1 aliphatic rings. The molecule has 1 atom stereocenters. The zero-order valence-corrected chi connectivity index (χ0v) is 14.0. The fourth-order valence-corrected chi connectivity index (χ4v) is 3.37. The number of aromatic nitrogens is 2. The van der Waals surface area contributed by atoms with Crippen molar-refractivity contribution in [2.75, 3.05) is 37.6 Å². The highest BCUT2D eigenvalue weighted by Gasteiger charge is 2.24. The number of H-pyrrole nitrogens is 1. The minimum Gasteiger partial charge on any atom is -0.353 e. The van der Waals surface area contributed by atoms with Crippen LogP contribution >= 0.6 is 22.6 Å². The number of aromatic amines is 1. The molecule has 6 nitrogen and oxygen atoms in total. The highest BCUT2D eigenvalue weighted by atomic mass is 127. The maximum Gasteiger partial charge on any atom is 0.266 e. The summed E-state index contributed by atoms with van der Waals surface area (Å²) in [5.74, 6) is 0.806. The first-order valence-corrected chi connectivity index (χ1v) is 8.17. The zero-order valence-electron chi connectivity index (χ0n) is 11.8. The average molecular weight is 391 g/mol. The van der Waals surface area contributed by atoms with Crippen LogP contribution in [0.4, 0.5) is 5.82 Å². The number of piperazine rings is 1. The summed E-state index contributed by atoms with van der Waals surface area (Å²) < 4.78 is 0.674. The van der Waals surface area contributed by atoms with E-state index >= 15 is 0 Å². The van der Waals surface area contributed by atoms with Gasteiger partial charge in [-0.15, -0.1) is 0 Å². The number of anilines is 1. The van der Waals surface area contributed by atoms with Crippen LogP contribution in [-0.4, -0.2) is 53.6 Å². The molecule has 2 heterocycles. The molecule has 112 valence electrons. The number of nitrogens with one attached hydrogen (secondary N) is 1. The van der Waals surface area contributed by atoms with Crippen molar-refractivity contribution in [3.8, 4) is 0 Å². The predicted molar refractivity (Wildman–Crippen MR) is 89.1 cm³/mol. The molecule has 20 heavy (non-hydrogen) atoms. The summed E-state index contributed by atoms with van der Waals surface area (Å²) in [6.45, 7) is 6.79. The molecule has 0 radical (unpaired) electrons. The Morgan fingerprint density at radius 3 is 2.75 bits per heavy atom. The average Bonchev–Trinajstić information content (AvgIpc) is 2.48. The predicted octanol–water partition coefficient (Wildman–Crippen LogP) is 0.624. The smallest absolute Gasteiger partial charge is 0.266 e. The van der Waals surface area contributed by atoms with Crippen LogP contribution in [-0.2, 0) is 0 Å². The molecule has 0 amide bonds. The van der Waals surface area contributed by atoms with Crippen molar-refractivity contribution in [2.45, 2.75) is 25.8 Å². The molecule has 1 saturated heterocycles. The zero-order chi connectivity index (χ0) is 14.5. The molecule has 0 aliphatic carbocycles. The van der Waals surface area contributed by atoms with Gasteiger partial charge in [-0.05, 0) is 42.0 Å². The Balaban J connectivity index is 2.00. The fraction of sp³-hybridized carbons (Fsp3) is 0.692. The molecule has 3 N–H and O–H groups in total. The van der Waals surface area contributed by atoms with Gasteiger partial charge < -0.3 is 15.6 Å². The van der Waals surface area contributed by atoms with Crippen molar-refractivity contribution < 1.29 is 0 Å². The van der Waals surface area contributed by atoms with Gasteiger partial charge in [-0.3, -0.25) is 9.69 Å². The summed E-state index contributed by atoms with van der Waals surface area (Å²) in [5, 5.41) is 0. The molecule has 0 saturated carbocycles. The Hall–Kier alpha value is -0.670. The van der Waals surface area contributed by atoms with Gasteiger partial charge in [0.2, 0.25) is 0 Å². The van der Waals surface area contributed by atoms with Gasteiger partial charge in [0.1, 0.15) is 9.39 Å². The van der Waals surface area contributed by atoms with Gasteiger partial charge in [-0.2, -0.15) is 0 Å². The quantitative estimate of drug-likeness (QED) is 0.720. The number of halogens is 1. The molecule has 2 rings (SSSR count). The molecule has 0 bridgehead atoms. The summed E-state index contributed by atoms with van der Waals surface area (Å²) in [7, 11) is 0. The van der Waals surface area contributed by atoms with Gasteiger partial charge in [0.25, 0.3) is 5.56 Å². The summed E-state index contributed by atoms with van der Waals surface area (Å²) in [6, 6.07) is 0.577. The van der Waals surface area contributed by atoms with E-state index in [0.29, 0.717) is 9.61 Å². The van der Waals surface area contributed by atoms with E-state index in [1.54, 1.807) is 0 Å². The second-order valence-corrected chi connectivity index (χ2v) is 6.11. The minimum atomic E-state index is -0.0624. The van der Waals surface area contributed by atoms with Crippen molar-refractivity contribution in [2.24, 2.45) is 5.73 Å². The van der Waals surface area contributed by atoms with Crippen LogP contribution < -0.4 is 16.2 Å². The van der Waals surface area contributed by atoms with Crippen LogP contribution in [0.25, 0.3) is 0 Å². The van der Waals surface area contributed by atoms with Crippen LogP contribution in [0.3, 0.4) is 0 Å². The molecule has 1 unspecified atom stereocenters. The summed E-state index contributed by atoms with van der Waals surface area (Å²) in [5.41, 5.74) is 5.62. The number of rotatable bonds is 5. The Bertz CT molecular complexity index is 484. The largest absolute Gasteiger partial charge is 0.353 e. The van der Waals surface area contributed by atoms with Crippen molar-refractivity contribution >= 4 is 28.4 Å². The minimum absolute atomic E-state index is 0.0624. The van der Waals surface area contributed by atoms with E-state index in [9.17, 15) is 4.79 Å². The second kappa shape index (κ2) is 7.37. The molecular weight excluding hydrogens is 369 g/mol. The van der Waals surface area contributed by atoms with Crippen molar-refractivity contribution in [1.29, 1.82) is 0 Å². The van der Waals surface area contributed by atoms with Gasteiger partial charge in [0.05, 0.1) is 6.33 Å². The standard InChI is InChI=1S/C13H22IN5O/c1-2-10(3-4-15)18-5-7-19(8-6-18)12-11(14)13(20)17-9-16-12/h9-10H,2-8,15H2,1H3,(H,16,17,20). The third-order valence-corrected chi connectivity index (χ3v) is 4.85. The Morgan fingerprint density at radius 2 is 2.15 bits per heavy atom. The van der Waals surface area contributed by atoms with E-state index in [1.165, 1.54) is 6.33 Å². The summed E-state index contributed by atoms with van der Waals surface area (Å²) in [6.07, 6.45) is 3.67. The molecule has 0 aromatic carbocycles. The Morgan fingerprint density at radius 1 is 1.45 bits per heavy atom. The lowest BCUT2D eigenvalue weighted by atomic mass is 10.1. The Kier molecular flexibility index (Phi) is 5.79.